The van der Waals surface area contributed by atoms with Crippen molar-refractivity contribution in [2.24, 2.45) is 0 Å². The summed E-state index contributed by atoms with van der Waals surface area (Å²) in [5.41, 5.74) is 1.91. The summed E-state index contributed by atoms with van der Waals surface area (Å²) in [6.07, 6.45) is 0. The van der Waals surface area contributed by atoms with Crippen LogP contribution in [0.25, 0.3) is 0 Å². The number of nitrogens with one attached hydrogen (secondary N) is 1. The van der Waals surface area contributed by atoms with Gasteiger partial charge >= 0.3 is 0 Å². The molecule has 1 nitrogen and oxygen atoms in total. The van der Waals surface area contributed by atoms with Crippen molar-refractivity contribution in [2.45, 2.75) is 24.8 Å². The van der Waals surface area contributed by atoms with Gasteiger partial charge in [-0.25, -0.2) is 4.39 Å². The van der Waals surface area contributed by atoms with Gasteiger partial charge in [-0.1, -0.05) is 42.3 Å². The molecular weight excluding hydrogens is 305 g/mol. The molecule has 1 atom stereocenters. The fraction of sp³-hybridized carbons (Fsp3) is 0.294. The molecular formula is C17H19ClFNS. The standard InChI is InChI=1S/C17H19ClFNS/c1-3-20-17(15-9-6-13(18)10-16(15)19)11-21-14-7-4-12(2)5-8-14/h4-10,17,20H,3,11H2,1-2H3. The molecule has 0 saturated carbocycles. The number of hydrogen-bond donors (Lipinski definition) is 1. The van der Waals surface area contributed by atoms with Gasteiger partial charge in [0, 0.05) is 27.3 Å². The molecule has 0 aliphatic heterocycles. The van der Waals surface area contributed by atoms with Crippen LogP contribution in [0.3, 0.4) is 0 Å². The van der Waals surface area contributed by atoms with Crippen LogP contribution in [0.4, 0.5) is 4.39 Å². The molecule has 0 bridgehead atoms. The number of rotatable bonds is 6. The molecule has 0 aromatic heterocycles. The maximum atomic E-state index is 14.1. The Balaban J connectivity index is 2.09. The lowest BCUT2D eigenvalue weighted by Gasteiger charge is -2.19. The zero-order valence-electron chi connectivity index (χ0n) is 12.2. The number of thioether (sulfide) groups is 1. The van der Waals surface area contributed by atoms with E-state index >= 15 is 0 Å². The van der Waals surface area contributed by atoms with Crippen molar-refractivity contribution in [1.29, 1.82) is 0 Å². The summed E-state index contributed by atoms with van der Waals surface area (Å²) in [5.74, 6) is 0.521. The molecule has 1 unspecified atom stereocenters. The highest BCUT2D eigenvalue weighted by Gasteiger charge is 2.15. The highest BCUT2D eigenvalue weighted by atomic mass is 35.5. The molecule has 0 saturated heterocycles. The second-order valence-electron chi connectivity index (χ2n) is 4.90. The van der Waals surface area contributed by atoms with Crippen molar-refractivity contribution in [2.75, 3.05) is 12.3 Å². The molecule has 4 heteroatoms. The summed E-state index contributed by atoms with van der Waals surface area (Å²) in [6.45, 7) is 4.89. The second kappa shape index (κ2) is 7.83. The molecule has 2 rings (SSSR count). The third kappa shape index (κ3) is 4.73. The Labute approximate surface area is 134 Å². The van der Waals surface area contributed by atoms with E-state index in [1.54, 1.807) is 23.9 Å². The molecule has 0 spiro atoms. The van der Waals surface area contributed by atoms with Gasteiger partial charge in [-0.3, -0.25) is 0 Å². The van der Waals surface area contributed by atoms with Crippen molar-refractivity contribution < 1.29 is 4.39 Å². The molecule has 0 amide bonds. The van der Waals surface area contributed by atoms with E-state index in [9.17, 15) is 4.39 Å². The summed E-state index contributed by atoms with van der Waals surface area (Å²) in [7, 11) is 0. The highest BCUT2D eigenvalue weighted by molar-refractivity contribution is 7.99. The Morgan fingerprint density at radius 3 is 2.52 bits per heavy atom. The van der Waals surface area contributed by atoms with Gasteiger partial charge in [0.2, 0.25) is 0 Å². The van der Waals surface area contributed by atoms with Gasteiger partial charge in [-0.05, 0) is 37.7 Å². The molecule has 0 aliphatic rings. The molecule has 0 heterocycles. The van der Waals surface area contributed by atoms with Crippen LogP contribution < -0.4 is 5.32 Å². The van der Waals surface area contributed by atoms with Crippen LogP contribution in [-0.4, -0.2) is 12.3 Å². The smallest absolute Gasteiger partial charge is 0.129 e. The van der Waals surface area contributed by atoms with E-state index in [0.717, 1.165) is 12.3 Å². The lowest BCUT2D eigenvalue weighted by Crippen LogP contribution is -2.24. The molecule has 0 aliphatic carbocycles. The first-order chi connectivity index (χ1) is 10.1. The Hall–Kier alpha value is -1.03. The van der Waals surface area contributed by atoms with Crippen molar-refractivity contribution >= 4 is 23.4 Å². The molecule has 0 radical (unpaired) electrons. The fourth-order valence-corrected chi connectivity index (χ4v) is 3.25. The molecule has 112 valence electrons. The van der Waals surface area contributed by atoms with E-state index in [2.05, 4.69) is 36.5 Å². The summed E-state index contributed by atoms with van der Waals surface area (Å²) < 4.78 is 14.1. The number of hydrogen-bond acceptors (Lipinski definition) is 2. The van der Waals surface area contributed by atoms with E-state index in [1.807, 2.05) is 6.92 Å². The van der Waals surface area contributed by atoms with Gasteiger partial charge in [0.15, 0.2) is 0 Å². The van der Waals surface area contributed by atoms with E-state index in [0.29, 0.717) is 10.6 Å². The van der Waals surface area contributed by atoms with Crippen molar-refractivity contribution in [3.63, 3.8) is 0 Å². The first-order valence-electron chi connectivity index (χ1n) is 6.98. The third-order valence-electron chi connectivity index (χ3n) is 3.23. The van der Waals surface area contributed by atoms with Crippen LogP contribution in [0.15, 0.2) is 47.4 Å². The van der Waals surface area contributed by atoms with Gasteiger partial charge < -0.3 is 5.32 Å². The largest absolute Gasteiger partial charge is 0.309 e. The van der Waals surface area contributed by atoms with Crippen LogP contribution in [0.2, 0.25) is 5.02 Å². The van der Waals surface area contributed by atoms with E-state index in [4.69, 9.17) is 11.6 Å². The van der Waals surface area contributed by atoms with Gasteiger partial charge in [-0.15, -0.1) is 11.8 Å². The Morgan fingerprint density at radius 1 is 1.19 bits per heavy atom. The molecule has 1 N–H and O–H groups in total. The van der Waals surface area contributed by atoms with Gasteiger partial charge in [0.25, 0.3) is 0 Å². The molecule has 21 heavy (non-hydrogen) atoms. The maximum absolute atomic E-state index is 14.1. The Bertz CT molecular complexity index is 586. The lowest BCUT2D eigenvalue weighted by molar-refractivity contribution is 0.545. The van der Waals surface area contributed by atoms with Gasteiger partial charge in [0.05, 0.1) is 0 Å². The number of benzene rings is 2. The molecule has 2 aromatic rings. The summed E-state index contributed by atoms with van der Waals surface area (Å²) in [4.78, 5) is 1.19. The lowest BCUT2D eigenvalue weighted by atomic mass is 10.1. The quantitative estimate of drug-likeness (QED) is 0.730. The van der Waals surface area contributed by atoms with Crippen molar-refractivity contribution in [1.82, 2.24) is 5.32 Å². The van der Waals surface area contributed by atoms with Crippen LogP contribution in [-0.2, 0) is 0 Å². The second-order valence-corrected chi connectivity index (χ2v) is 6.43. The minimum Gasteiger partial charge on any atom is -0.309 e. The summed E-state index contributed by atoms with van der Waals surface area (Å²) in [5, 5.41) is 3.77. The minimum atomic E-state index is -0.252. The predicted molar refractivity (Wildman–Crippen MR) is 89.7 cm³/mol. The average Bonchev–Trinajstić information content (AvgIpc) is 2.46. The summed E-state index contributed by atoms with van der Waals surface area (Å²) in [6, 6.07) is 13.2. The Morgan fingerprint density at radius 2 is 1.90 bits per heavy atom. The summed E-state index contributed by atoms with van der Waals surface area (Å²) >= 11 is 7.54. The van der Waals surface area contributed by atoms with Crippen LogP contribution in [0.1, 0.15) is 24.1 Å². The highest BCUT2D eigenvalue weighted by Crippen LogP contribution is 2.27. The van der Waals surface area contributed by atoms with E-state index in [-0.39, 0.29) is 11.9 Å². The zero-order chi connectivity index (χ0) is 15.2. The van der Waals surface area contributed by atoms with Crippen molar-refractivity contribution in [3.05, 3.63) is 64.4 Å². The first kappa shape index (κ1) is 16.3. The molecule has 0 fully saturated rings. The van der Waals surface area contributed by atoms with E-state index < -0.39 is 0 Å². The maximum Gasteiger partial charge on any atom is 0.129 e. The monoisotopic (exact) mass is 323 g/mol. The number of halogens is 2. The SMILES string of the molecule is CCNC(CSc1ccc(C)cc1)c1ccc(Cl)cc1F. The van der Waals surface area contributed by atoms with Gasteiger partial charge in [0.1, 0.15) is 5.82 Å². The van der Waals surface area contributed by atoms with Gasteiger partial charge in [-0.2, -0.15) is 0 Å². The fourth-order valence-electron chi connectivity index (χ4n) is 2.10. The predicted octanol–water partition coefficient (Wildman–Crippen LogP) is 5.23. The van der Waals surface area contributed by atoms with Crippen LogP contribution >= 0.6 is 23.4 Å². The normalized spacial score (nSPS) is 12.4. The number of aryl methyl sites for hydroxylation is 1. The Kier molecular flexibility index (Phi) is 6.09. The first-order valence-corrected chi connectivity index (χ1v) is 8.34. The topological polar surface area (TPSA) is 12.0 Å². The molecule has 2 aromatic carbocycles. The van der Waals surface area contributed by atoms with Crippen LogP contribution in [0, 0.1) is 12.7 Å². The minimum absolute atomic E-state index is 0.0291. The van der Waals surface area contributed by atoms with Crippen LogP contribution in [0.5, 0.6) is 0 Å². The zero-order valence-corrected chi connectivity index (χ0v) is 13.8. The van der Waals surface area contributed by atoms with Crippen molar-refractivity contribution in [3.8, 4) is 0 Å². The van der Waals surface area contributed by atoms with E-state index in [1.165, 1.54) is 16.5 Å². The third-order valence-corrected chi connectivity index (χ3v) is 4.57. The average molecular weight is 324 g/mol.